The third kappa shape index (κ3) is 3.14. The van der Waals surface area contributed by atoms with Crippen LogP contribution < -0.4 is 11.1 Å². The van der Waals surface area contributed by atoms with Crippen LogP contribution in [-0.4, -0.2) is 32.3 Å². The number of aromatic amines is 1. The third-order valence-electron chi connectivity index (χ3n) is 4.79. The SMILES string of the molecule is Nc1nc2c(C(=O)Nc3nc4c(s3)CN(Cc3ccoc3)CC4)cccc2[nH]1. The fourth-order valence-corrected chi connectivity index (χ4v) is 4.52. The van der Waals surface area contributed by atoms with Crippen LogP contribution in [0, 0.1) is 0 Å². The highest BCUT2D eigenvalue weighted by Crippen LogP contribution is 2.29. The fourth-order valence-electron chi connectivity index (χ4n) is 3.48. The van der Waals surface area contributed by atoms with Crippen LogP contribution in [-0.2, 0) is 19.5 Å². The molecule has 3 aromatic heterocycles. The maximum atomic E-state index is 12.8. The topological polar surface area (TPSA) is 113 Å². The van der Waals surface area contributed by atoms with Gasteiger partial charge < -0.3 is 15.1 Å². The zero-order valence-corrected chi connectivity index (χ0v) is 15.8. The molecule has 0 fully saturated rings. The van der Waals surface area contributed by atoms with Crippen molar-refractivity contribution in [2.45, 2.75) is 19.5 Å². The summed E-state index contributed by atoms with van der Waals surface area (Å²) >= 11 is 1.52. The Kier molecular flexibility index (Phi) is 4.10. The van der Waals surface area contributed by atoms with Gasteiger partial charge in [0.25, 0.3) is 5.91 Å². The molecule has 0 spiro atoms. The minimum atomic E-state index is -0.238. The lowest BCUT2D eigenvalue weighted by molar-refractivity contribution is 0.102. The number of aromatic nitrogens is 3. The van der Waals surface area contributed by atoms with Gasteiger partial charge in [0.15, 0.2) is 11.1 Å². The summed E-state index contributed by atoms with van der Waals surface area (Å²) in [6, 6.07) is 7.36. The Morgan fingerprint density at radius 1 is 1.36 bits per heavy atom. The smallest absolute Gasteiger partial charge is 0.259 e. The molecule has 1 aliphatic rings. The van der Waals surface area contributed by atoms with E-state index in [-0.39, 0.29) is 11.9 Å². The van der Waals surface area contributed by atoms with E-state index in [1.165, 1.54) is 16.2 Å². The largest absolute Gasteiger partial charge is 0.472 e. The summed E-state index contributed by atoms with van der Waals surface area (Å²) in [6.07, 6.45) is 4.33. The van der Waals surface area contributed by atoms with Crippen molar-refractivity contribution in [1.82, 2.24) is 19.9 Å². The van der Waals surface area contributed by atoms with E-state index in [1.54, 1.807) is 24.7 Å². The van der Waals surface area contributed by atoms with Crippen molar-refractivity contribution in [3.05, 3.63) is 58.5 Å². The predicted molar refractivity (Wildman–Crippen MR) is 107 cm³/mol. The molecule has 0 atom stereocenters. The Morgan fingerprint density at radius 3 is 3.14 bits per heavy atom. The van der Waals surface area contributed by atoms with Gasteiger partial charge in [0.1, 0.15) is 5.52 Å². The lowest BCUT2D eigenvalue weighted by atomic mass is 10.1. The number of H-pyrrole nitrogens is 1. The number of rotatable bonds is 4. The second kappa shape index (κ2) is 6.77. The van der Waals surface area contributed by atoms with Crippen molar-refractivity contribution in [2.75, 3.05) is 17.6 Å². The molecule has 1 aliphatic heterocycles. The molecule has 4 heterocycles. The number of anilines is 2. The number of para-hydroxylation sites is 1. The van der Waals surface area contributed by atoms with Gasteiger partial charge in [-0.2, -0.15) is 0 Å². The number of hydrogen-bond acceptors (Lipinski definition) is 7. The van der Waals surface area contributed by atoms with E-state index in [2.05, 4.69) is 25.2 Å². The Morgan fingerprint density at radius 2 is 2.29 bits per heavy atom. The molecule has 1 amide bonds. The molecule has 0 radical (unpaired) electrons. The number of fused-ring (bicyclic) bond motifs is 2. The van der Waals surface area contributed by atoms with Crippen molar-refractivity contribution in [3.63, 3.8) is 0 Å². The Labute approximate surface area is 164 Å². The number of nitrogen functional groups attached to an aromatic ring is 1. The quantitative estimate of drug-likeness (QED) is 0.490. The maximum absolute atomic E-state index is 12.8. The number of nitrogens with zero attached hydrogens (tertiary/aromatic N) is 3. The molecule has 0 bridgehead atoms. The number of imidazole rings is 1. The summed E-state index contributed by atoms with van der Waals surface area (Å²) in [7, 11) is 0. The van der Waals surface area contributed by atoms with Crippen molar-refractivity contribution >= 4 is 39.4 Å². The number of carbonyl (C=O) groups is 1. The van der Waals surface area contributed by atoms with Crippen LogP contribution in [0.15, 0.2) is 41.2 Å². The number of nitrogens with two attached hydrogens (primary N) is 1. The van der Waals surface area contributed by atoms with E-state index in [4.69, 9.17) is 10.2 Å². The zero-order chi connectivity index (χ0) is 19.1. The van der Waals surface area contributed by atoms with E-state index in [0.717, 1.165) is 42.8 Å². The summed E-state index contributed by atoms with van der Waals surface area (Å²) in [4.78, 5) is 28.1. The highest BCUT2D eigenvalue weighted by atomic mass is 32.1. The minimum absolute atomic E-state index is 0.238. The number of thiazole rings is 1. The first-order valence-corrected chi connectivity index (χ1v) is 9.75. The summed E-state index contributed by atoms with van der Waals surface area (Å²) in [5, 5.41) is 3.53. The van der Waals surface area contributed by atoms with Gasteiger partial charge in [-0.3, -0.25) is 15.0 Å². The average Bonchev–Trinajstić information content (AvgIpc) is 3.39. The maximum Gasteiger partial charge on any atom is 0.259 e. The second-order valence-corrected chi connectivity index (χ2v) is 7.84. The van der Waals surface area contributed by atoms with Crippen LogP contribution in [0.25, 0.3) is 11.0 Å². The molecule has 9 heteroatoms. The van der Waals surface area contributed by atoms with E-state index in [1.807, 2.05) is 12.1 Å². The van der Waals surface area contributed by atoms with Gasteiger partial charge in [-0.05, 0) is 18.2 Å². The molecule has 4 aromatic rings. The van der Waals surface area contributed by atoms with Crippen LogP contribution in [0.4, 0.5) is 11.1 Å². The van der Waals surface area contributed by atoms with Crippen molar-refractivity contribution < 1.29 is 9.21 Å². The third-order valence-corrected chi connectivity index (χ3v) is 5.79. The second-order valence-electron chi connectivity index (χ2n) is 6.76. The Hall–Kier alpha value is -3.17. The van der Waals surface area contributed by atoms with Gasteiger partial charge >= 0.3 is 0 Å². The highest BCUT2D eigenvalue weighted by molar-refractivity contribution is 7.15. The molecule has 142 valence electrons. The molecule has 0 saturated heterocycles. The number of benzene rings is 1. The van der Waals surface area contributed by atoms with Crippen LogP contribution >= 0.6 is 11.3 Å². The van der Waals surface area contributed by atoms with Gasteiger partial charge in [-0.1, -0.05) is 6.07 Å². The monoisotopic (exact) mass is 394 g/mol. The molecule has 8 nitrogen and oxygen atoms in total. The number of amides is 1. The molecule has 0 saturated carbocycles. The summed E-state index contributed by atoms with van der Waals surface area (Å²) in [5.74, 6) is 0.0520. The first kappa shape index (κ1) is 17.0. The molecule has 4 N–H and O–H groups in total. The standard InChI is InChI=1S/C19H18N6O2S/c20-18-21-14-3-1-2-12(16(14)23-18)17(26)24-19-22-13-4-6-25(9-15(13)28-19)8-11-5-7-27-10-11/h1-3,5,7,10H,4,6,8-9H2,(H3,20,21,23)(H,22,24,26). The number of carbonyl (C=O) groups excluding carboxylic acids is 1. The number of furan rings is 1. The molecule has 0 aliphatic carbocycles. The van der Waals surface area contributed by atoms with Gasteiger partial charge in [0.05, 0.1) is 29.3 Å². The molecule has 28 heavy (non-hydrogen) atoms. The lowest BCUT2D eigenvalue weighted by Crippen LogP contribution is -2.29. The first-order chi connectivity index (χ1) is 13.7. The van der Waals surface area contributed by atoms with E-state index in [0.29, 0.717) is 16.2 Å². The van der Waals surface area contributed by atoms with Crippen molar-refractivity contribution in [2.24, 2.45) is 0 Å². The average molecular weight is 394 g/mol. The van der Waals surface area contributed by atoms with Gasteiger partial charge in [-0.15, -0.1) is 11.3 Å². The Balaban J connectivity index is 1.33. The van der Waals surface area contributed by atoms with Gasteiger partial charge in [-0.25, -0.2) is 9.97 Å². The van der Waals surface area contributed by atoms with E-state index in [9.17, 15) is 4.79 Å². The summed E-state index contributed by atoms with van der Waals surface area (Å²) < 4.78 is 5.15. The molecule has 1 aromatic carbocycles. The normalized spacial score (nSPS) is 14.3. The van der Waals surface area contributed by atoms with Crippen LogP contribution in [0.3, 0.4) is 0 Å². The van der Waals surface area contributed by atoms with Crippen LogP contribution in [0.2, 0.25) is 0 Å². The summed E-state index contributed by atoms with van der Waals surface area (Å²) in [6.45, 7) is 2.60. The zero-order valence-electron chi connectivity index (χ0n) is 14.9. The highest BCUT2D eigenvalue weighted by Gasteiger charge is 2.22. The summed E-state index contributed by atoms with van der Waals surface area (Å²) in [5.41, 5.74) is 9.71. The molecule has 5 rings (SSSR count). The number of hydrogen-bond donors (Lipinski definition) is 3. The van der Waals surface area contributed by atoms with Crippen molar-refractivity contribution in [3.8, 4) is 0 Å². The van der Waals surface area contributed by atoms with Crippen molar-refractivity contribution in [1.29, 1.82) is 0 Å². The lowest BCUT2D eigenvalue weighted by Gasteiger charge is -2.25. The van der Waals surface area contributed by atoms with Crippen LogP contribution in [0.5, 0.6) is 0 Å². The number of nitrogens with one attached hydrogen (secondary N) is 2. The molecular weight excluding hydrogens is 376 g/mol. The Bertz CT molecular complexity index is 1150. The predicted octanol–water partition coefficient (Wildman–Crippen LogP) is 3.01. The minimum Gasteiger partial charge on any atom is -0.472 e. The first-order valence-electron chi connectivity index (χ1n) is 8.93. The molecular formula is C19H18N6O2S. The van der Waals surface area contributed by atoms with Gasteiger partial charge in [0.2, 0.25) is 0 Å². The van der Waals surface area contributed by atoms with E-state index < -0.39 is 0 Å². The van der Waals surface area contributed by atoms with Crippen LogP contribution in [0.1, 0.15) is 26.5 Å². The van der Waals surface area contributed by atoms with Gasteiger partial charge in [0, 0.05) is 36.5 Å². The van der Waals surface area contributed by atoms with E-state index >= 15 is 0 Å². The fraction of sp³-hybridized carbons (Fsp3) is 0.211. The molecule has 0 unspecified atom stereocenters.